The van der Waals surface area contributed by atoms with Crippen LogP contribution < -0.4 is 9.88 Å². The topological polar surface area (TPSA) is 138 Å². The van der Waals surface area contributed by atoms with Crippen molar-refractivity contribution in [3.63, 3.8) is 0 Å². The summed E-state index contributed by atoms with van der Waals surface area (Å²) in [7, 11) is -4.43. The Kier molecular flexibility index (Phi) is 6.44. The number of primary sulfonamides is 1. The highest BCUT2D eigenvalue weighted by Crippen LogP contribution is 2.36. The first kappa shape index (κ1) is 25.2. The summed E-state index contributed by atoms with van der Waals surface area (Å²) in [4.78, 5) is 7.90. The number of nitrogens with two attached hydrogens (primary N) is 1. The van der Waals surface area contributed by atoms with E-state index in [-0.39, 0.29) is 34.7 Å². The second-order valence-corrected chi connectivity index (χ2v) is 11.1. The van der Waals surface area contributed by atoms with Crippen molar-refractivity contribution in [1.29, 1.82) is 0 Å². The van der Waals surface area contributed by atoms with Crippen LogP contribution >= 0.6 is 0 Å². The first-order chi connectivity index (χ1) is 17.5. The third-order valence-corrected chi connectivity index (χ3v) is 7.47. The van der Waals surface area contributed by atoms with E-state index >= 15 is 0 Å². The minimum absolute atomic E-state index is 0.0921. The molecule has 0 aliphatic heterocycles. The van der Waals surface area contributed by atoms with Crippen LogP contribution in [0.2, 0.25) is 0 Å². The van der Waals surface area contributed by atoms with Gasteiger partial charge in [-0.05, 0) is 44.7 Å². The van der Waals surface area contributed by atoms with Crippen molar-refractivity contribution >= 4 is 15.7 Å². The molecule has 10 nitrogen and oxygen atoms in total. The van der Waals surface area contributed by atoms with Crippen LogP contribution in [0.25, 0.3) is 16.8 Å². The van der Waals surface area contributed by atoms with Crippen molar-refractivity contribution < 1.29 is 26.5 Å². The fraction of sp³-hybridized carbons (Fsp3) is 0.417. The molecule has 1 saturated carbocycles. The standard InChI is InChI=1S/C24H26F2N6O4S/c1-12(2)22-29-24(36-31-22)14-4-6-15(7-5-14)35-20-8-9-28-23-21(13(3)30-32(20)23)16-10-18(26)19(11-17(16)25)37(27,33)34/h8-12,14-15H,4-7H2,1-3H3,(H2,27,33,34). The molecule has 13 heteroatoms. The SMILES string of the molecule is Cc1nn2c(OC3CCC(c4nc(C(C)C)no4)CC3)ccnc2c1-c1cc(F)c(S(N)(=O)=O)cc1F. The minimum Gasteiger partial charge on any atom is -0.474 e. The summed E-state index contributed by atoms with van der Waals surface area (Å²) < 4.78 is 65.7. The van der Waals surface area contributed by atoms with Gasteiger partial charge in [-0.15, -0.1) is 0 Å². The zero-order chi connectivity index (χ0) is 26.5. The Morgan fingerprint density at radius 2 is 1.89 bits per heavy atom. The van der Waals surface area contributed by atoms with E-state index in [0.29, 0.717) is 29.4 Å². The smallest absolute Gasteiger partial charge is 0.241 e. The molecule has 0 unspecified atom stereocenters. The number of aryl methyl sites for hydroxylation is 1. The van der Waals surface area contributed by atoms with Crippen LogP contribution in [0.4, 0.5) is 8.78 Å². The van der Waals surface area contributed by atoms with Gasteiger partial charge in [0, 0.05) is 29.7 Å². The normalized spacial score (nSPS) is 18.6. The lowest BCUT2D eigenvalue weighted by molar-refractivity contribution is 0.130. The Labute approximate surface area is 211 Å². The van der Waals surface area contributed by atoms with Crippen LogP contribution in [0.15, 0.2) is 33.8 Å². The van der Waals surface area contributed by atoms with E-state index in [9.17, 15) is 17.2 Å². The Bertz CT molecular complexity index is 1580. The molecular weight excluding hydrogens is 506 g/mol. The maximum absolute atomic E-state index is 14.9. The number of ether oxygens (including phenoxy) is 1. The number of hydrogen-bond acceptors (Lipinski definition) is 8. The van der Waals surface area contributed by atoms with Crippen LogP contribution in [0.5, 0.6) is 5.88 Å². The number of sulfonamides is 1. The van der Waals surface area contributed by atoms with Gasteiger partial charge < -0.3 is 9.26 Å². The van der Waals surface area contributed by atoms with Crippen LogP contribution in [0, 0.1) is 18.6 Å². The van der Waals surface area contributed by atoms with Crippen LogP contribution in [0.1, 0.15) is 68.8 Å². The quantitative estimate of drug-likeness (QED) is 0.389. The average molecular weight is 533 g/mol. The summed E-state index contributed by atoms with van der Waals surface area (Å²) in [6.45, 7) is 5.66. The van der Waals surface area contributed by atoms with Gasteiger partial charge >= 0.3 is 0 Å². The molecule has 1 fully saturated rings. The van der Waals surface area contributed by atoms with Crippen LogP contribution in [-0.2, 0) is 10.0 Å². The van der Waals surface area contributed by atoms with Gasteiger partial charge in [-0.25, -0.2) is 27.3 Å². The zero-order valence-electron chi connectivity index (χ0n) is 20.5. The summed E-state index contributed by atoms with van der Waals surface area (Å²) in [5.74, 6) is 0.0145. The lowest BCUT2D eigenvalue weighted by Gasteiger charge is -2.27. The summed E-state index contributed by atoms with van der Waals surface area (Å²) in [6.07, 6.45) is 4.57. The number of aromatic nitrogens is 5. The van der Waals surface area contributed by atoms with E-state index in [1.807, 2.05) is 13.8 Å². The summed E-state index contributed by atoms with van der Waals surface area (Å²) >= 11 is 0. The third-order valence-electron chi connectivity index (χ3n) is 6.54. The molecule has 37 heavy (non-hydrogen) atoms. The van der Waals surface area contributed by atoms with E-state index in [4.69, 9.17) is 14.4 Å². The number of hydrogen-bond donors (Lipinski definition) is 1. The molecule has 1 aliphatic rings. The second kappa shape index (κ2) is 9.45. The molecule has 0 atom stereocenters. The van der Waals surface area contributed by atoms with E-state index < -0.39 is 26.6 Å². The van der Waals surface area contributed by atoms with Crippen molar-refractivity contribution in [2.75, 3.05) is 0 Å². The molecule has 0 radical (unpaired) electrons. The van der Waals surface area contributed by atoms with Gasteiger partial charge in [-0.2, -0.15) is 14.6 Å². The van der Waals surface area contributed by atoms with E-state index in [1.54, 1.807) is 13.0 Å². The number of halogens is 2. The predicted octanol–water partition coefficient (Wildman–Crippen LogP) is 4.24. The van der Waals surface area contributed by atoms with Gasteiger partial charge in [0.2, 0.25) is 21.8 Å². The Morgan fingerprint density at radius 3 is 2.54 bits per heavy atom. The van der Waals surface area contributed by atoms with Gasteiger partial charge in [0.15, 0.2) is 11.5 Å². The van der Waals surface area contributed by atoms with Gasteiger partial charge in [-0.3, -0.25) is 0 Å². The summed E-state index contributed by atoms with van der Waals surface area (Å²) in [5, 5.41) is 13.5. The van der Waals surface area contributed by atoms with E-state index in [0.717, 1.165) is 31.7 Å². The van der Waals surface area contributed by atoms with Gasteiger partial charge in [0.05, 0.1) is 11.3 Å². The van der Waals surface area contributed by atoms with Gasteiger partial charge in [0.25, 0.3) is 0 Å². The molecular formula is C24H26F2N6O4S. The molecule has 0 spiro atoms. The molecule has 3 heterocycles. The number of rotatable bonds is 6. The van der Waals surface area contributed by atoms with Crippen LogP contribution in [-0.4, -0.2) is 39.3 Å². The van der Waals surface area contributed by atoms with Crippen molar-refractivity contribution in [1.82, 2.24) is 24.7 Å². The number of fused-ring (bicyclic) bond motifs is 1. The molecule has 0 bridgehead atoms. The monoisotopic (exact) mass is 532 g/mol. The van der Waals surface area contributed by atoms with Gasteiger partial charge in [-0.1, -0.05) is 19.0 Å². The highest BCUT2D eigenvalue weighted by atomic mass is 32.2. The molecule has 1 aliphatic carbocycles. The number of nitrogens with zero attached hydrogens (tertiary/aromatic N) is 5. The predicted molar refractivity (Wildman–Crippen MR) is 128 cm³/mol. The molecule has 5 rings (SSSR count). The van der Waals surface area contributed by atoms with Crippen molar-refractivity contribution in [2.45, 2.75) is 69.3 Å². The molecule has 4 aromatic rings. The highest BCUT2D eigenvalue weighted by Gasteiger charge is 2.29. The highest BCUT2D eigenvalue weighted by molar-refractivity contribution is 7.89. The van der Waals surface area contributed by atoms with Crippen molar-refractivity contribution in [2.24, 2.45) is 5.14 Å². The number of benzene rings is 1. The lowest BCUT2D eigenvalue weighted by atomic mass is 9.87. The largest absolute Gasteiger partial charge is 0.474 e. The second-order valence-electron chi connectivity index (χ2n) is 9.52. The average Bonchev–Trinajstić information content (AvgIpc) is 3.46. The van der Waals surface area contributed by atoms with Crippen molar-refractivity contribution in [3.05, 3.63) is 53.4 Å². The maximum Gasteiger partial charge on any atom is 0.241 e. The summed E-state index contributed by atoms with van der Waals surface area (Å²) in [6, 6.07) is 3.01. The maximum atomic E-state index is 14.9. The fourth-order valence-corrected chi connectivity index (χ4v) is 5.22. The molecule has 0 amide bonds. The molecule has 0 saturated heterocycles. The van der Waals surface area contributed by atoms with Crippen LogP contribution in [0.3, 0.4) is 0 Å². The Hall–Kier alpha value is -3.45. The fourth-order valence-electron chi connectivity index (χ4n) is 4.62. The lowest BCUT2D eigenvalue weighted by Crippen LogP contribution is -2.24. The first-order valence-electron chi connectivity index (χ1n) is 11.9. The molecule has 196 valence electrons. The third kappa shape index (κ3) is 4.80. The minimum atomic E-state index is -4.43. The molecule has 3 aromatic heterocycles. The molecule has 1 aromatic carbocycles. The van der Waals surface area contributed by atoms with E-state index in [1.165, 1.54) is 10.7 Å². The zero-order valence-corrected chi connectivity index (χ0v) is 21.3. The molecule has 2 N–H and O–H groups in total. The Balaban J connectivity index is 1.39. The van der Waals surface area contributed by atoms with Crippen molar-refractivity contribution in [3.8, 4) is 17.0 Å². The Morgan fingerprint density at radius 1 is 1.16 bits per heavy atom. The summed E-state index contributed by atoms with van der Waals surface area (Å²) in [5.41, 5.74) is 0.662. The van der Waals surface area contributed by atoms with E-state index in [2.05, 4.69) is 20.2 Å². The first-order valence-corrected chi connectivity index (χ1v) is 13.4. The van der Waals surface area contributed by atoms with Gasteiger partial charge in [0.1, 0.15) is 22.6 Å².